The van der Waals surface area contributed by atoms with Crippen LogP contribution < -0.4 is 5.32 Å². The molecule has 120 valence electrons. The van der Waals surface area contributed by atoms with Gasteiger partial charge in [-0.3, -0.25) is 9.59 Å². The lowest BCUT2D eigenvalue weighted by atomic mass is 9.82. The Labute approximate surface area is 127 Å². The molecule has 2 amide bonds. The number of hydrogen-bond donors (Lipinski definition) is 1. The Bertz CT molecular complexity index is 380. The highest BCUT2D eigenvalue weighted by molar-refractivity contribution is 5.97. The van der Waals surface area contributed by atoms with Crippen LogP contribution in [0.25, 0.3) is 0 Å². The maximum Gasteiger partial charge on any atom is 0.246 e. The third kappa shape index (κ3) is 3.57. The molecule has 5 nitrogen and oxygen atoms in total. The molecule has 0 aromatic heterocycles. The molecule has 21 heavy (non-hydrogen) atoms. The van der Waals surface area contributed by atoms with Crippen molar-refractivity contribution in [2.24, 2.45) is 5.92 Å². The molecule has 0 aromatic rings. The van der Waals surface area contributed by atoms with Crippen molar-refractivity contribution in [3.63, 3.8) is 0 Å². The smallest absolute Gasteiger partial charge is 0.246 e. The van der Waals surface area contributed by atoms with Crippen molar-refractivity contribution in [3.05, 3.63) is 0 Å². The van der Waals surface area contributed by atoms with Gasteiger partial charge in [0.05, 0.1) is 0 Å². The van der Waals surface area contributed by atoms with Crippen molar-refractivity contribution in [2.75, 3.05) is 13.7 Å². The van der Waals surface area contributed by atoms with Crippen LogP contribution in [-0.4, -0.2) is 48.6 Å². The first-order chi connectivity index (χ1) is 10.1. The van der Waals surface area contributed by atoms with Crippen molar-refractivity contribution in [3.8, 4) is 0 Å². The largest absolute Gasteiger partial charge is 0.385 e. The minimum Gasteiger partial charge on any atom is -0.385 e. The molecule has 2 aliphatic rings. The molecule has 1 saturated heterocycles. The summed E-state index contributed by atoms with van der Waals surface area (Å²) >= 11 is 0. The van der Waals surface area contributed by atoms with Gasteiger partial charge in [0.15, 0.2) is 0 Å². The van der Waals surface area contributed by atoms with E-state index in [1.54, 1.807) is 12.0 Å². The van der Waals surface area contributed by atoms with E-state index in [9.17, 15) is 9.59 Å². The molecule has 0 spiro atoms. The summed E-state index contributed by atoms with van der Waals surface area (Å²) in [6, 6.07) is -0.673. The van der Waals surface area contributed by atoms with Gasteiger partial charge in [0.2, 0.25) is 11.8 Å². The number of nitrogens with zero attached hydrogens (tertiary/aromatic N) is 1. The van der Waals surface area contributed by atoms with E-state index in [1.165, 1.54) is 19.3 Å². The number of amides is 2. The molecule has 1 saturated carbocycles. The lowest BCUT2D eigenvalue weighted by molar-refractivity contribution is -0.153. The summed E-state index contributed by atoms with van der Waals surface area (Å²) < 4.78 is 5.11. The average Bonchev–Trinajstić information content (AvgIpc) is 2.50. The standard InChI is InChI=1S/C16H28N2O3/c1-11(9-10-21-3)18-12(2)15(19)17-14(16(18)20)13-7-5-4-6-8-13/h11-14H,4-10H2,1-3H3,(H,17,19). The first-order valence-electron chi connectivity index (χ1n) is 8.17. The van der Waals surface area contributed by atoms with Gasteiger partial charge in [0.25, 0.3) is 0 Å². The number of carbonyl (C=O) groups excluding carboxylic acids is 2. The third-order valence-electron chi connectivity index (χ3n) is 4.95. The first kappa shape index (κ1) is 16.3. The van der Waals surface area contributed by atoms with Gasteiger partial charge in [-0.15, -0.1) is 0 Å². The maximum absolute atomic E-state index is 12.9. The number of hydrogen-bond acceptors (Lipinski definition) is 3. The molecular formula is C16H28N2O3. The predicted octanol–water partition coefficient (Wildman–Crippen LogP) is 1.71. The van der Waals surface area contributed by atoms with E-state index < -0.39 is 0 Å². The minimum absolute atomic E-state index is 0.0190. The average molecular weight is 296 g/mol. The van der Waals surface area contributed by atoms with E-state index in [2.05, 4.69) is 5.32 Å². The first-order valence-corrected chi connectivity index (χ1v) is 8.17. The zero-order valence-corrected chi connectivity index (χ0v) is 13.4. The number of ether oxygens (including phenoxy) is 1. The fourth-order valence-corrected chi connectivity index (χ4v) is 3.63. The van der Waals surface area contributed by atoms with Gasteiger partial charge in [-0.05, 0) is 39.0 Å². The normalized spacial score (nSPS) is 29.4. The summed E-state index contributed by atoms with van der Waals surface area (Å²) in [5.41, 5.74) is 0. The van der Waals surface area contributed by atoms with Crippen LogP contribution in [0.2, 0.25) is 0 Å². The van der Waals surface area contributed by atoms with Crippen LogP contribution in [-0.2, 0) is 14.3 Å². The summed E-state index contributed by atoms with van der Waals surface area (Å²) in [4.78, 5) is 26.9. The molecule has 3 unspecified atom stereocenters. The molecule has 1 heterocycles. The second-order valence-electron chi connectivity index (χ2n) is 6.44. The van der Waals surface area contributed by atoms with Crippen molar-refractivity contribution in [1.82, 2.24) is 10.2 Å². The number of methoxy groups -OCH3 is 1. The highest BCUT2D eigenvalue weighted by Crippen LogP contribution is 2.30. The summed E-state index contributed by atoms with van der Waals surface area (Å²) in [6.07, 6.45) is 6.43. The van der Waals surface area contributed by atoms with Crippen molar-refractivity contribution < 1.29 is 14.3 Å². The number of rotatable bonds is 5. The Balaban J connectivity index is 2.10. The van der Waals surface area contributed by atoms with Gasteiger partial charge in [0, 0.05) is 19.8 Å². The number of carbonyl (C=O) groups is 2. The zero-order chi connectivity index (χ0) is 15.4. The highest BCUT2D eigenvalue weighted by Gasteiger charge is 2.43. The molecule has 1 aliphatic heterocycles. The van der Waals surface area contributed by atoms with Crippen LogP contribution in [0.4, 0.5) is 0 Å². The molecule has 1 aliphatic carbocycles. The van der Waals surface area contributed by atoms with Crippen molar-refractivity contribution in [1.29, 1.82) is 0 Å². The lowest BCUT2D eigenvalue weighted by Crippen LogP contribution is -2.66. The van der Waals surface area contributed by atoms with E-state index in [-0.39, 0.29) is 29.9 Å². The van der Waals surface area contributed by atoms with Gasteiger partial charge in [-0.2, -0.15) is 0 Å². The van der Waals surface area contributed by atoms with Crippen LogP contribution in [0.15, 0.2) is 0 Å². The summed E-state index contributed by atoms with van der Waals surface area (Å²) in [5, 5.41) is 2.97. The third-order valence-corrected chi connectivity index (χ3v) is 4.95. The Hall–Kier alpha value is -1.10. The Kier molecular flexibility index (Phi) is 5.62. The summed E-state index contributed by atoms with van der Waals surface area (Å²) in [7, 11) is 1.66. The summed E-state index contributed by atoms with van der Waals surface area (Å²) in [5.74, 6) is 0.381. The molecule has 2 rings (SSSR count). The van der Waals surface area contributed by atoms with Gasteiger partial charge >= 0.3 is 0 Å². The summed E-state index contributed by atoms with van der Waals surface area (Å²) in [6.45, 7) is 4.42. The van der Waals surface area contributed by atoms with Crippen LogP contribution in [0, 0.1) is 5.92 Å². The van der Waals surface area contributed by atoms with Gasteiger partial charge in [-0.25, -0.2) is 0 Å². The topological polar surface area (TPSA) is 58.6 Å². The molecule has 0 bridgehead atoms. The van der Waals surface area contributed by atoms with Crippen LogP contribution in [0.5, 0.6) is 0 Å². The predicted molar refractivity (Wildman–Crippen MR) is 80.8 cm³/mol. The van der Waals surface area contributed by atoms with Crippen LogP contribution in [0.1, 0.15) is 52.4 Å². The lowest BCUT2D eigenvalue weighted by Gasteiger charge is -2.43. The second-order valence-corrected chi connectivity index (χ2v) is 6.44. The highest BCUT2D eigenvalue weighted by atomic mass is 16.5. The molecule has 0 aromatic carbocycles. The molecule has 3 atom stereocenters. The van der Waals surface area contributed by atoms with Gasteiger partial charge < -0.3 is 15.0 Å². The Morgan fingerprint density at radius 2 is 1.95 bits per heavy atom. The monoisotopic (exact) mass is 296 g/mol. The fraction of sp³-hybridized carbons (Fsp3) is 0.875. The quantitative estimate of drug-likeness (QED) is 0.840. The van der Waals surface area contributed by atoms with Gasteiger partial charge in [-0.1, -0.05) is 19.3 Å². The van der Waals surface area contributed by atoms with E-state index in [1.807, 2.05) is 13.8 Å². The van der Waals surface area contributed by atoms with Crippen LogP contribution in [0.3, 0.4) is 0 Å². The van der Waals surface area contributed by atoms with E-state index >= 15 is 0 Å². The van der Waals surface area contributed by atoms with E-state index in [4.69, 9.17) is 4.74 Å². The fourth-order valence-electron chi connectivity index (χ4n) is 3.63. The Morgan fingerprint density at radius 3 is 2.57 bits per heavy atom. The SMILES string of the molecule is COCCC(C)N1C(=O)C(C2CCCCC2)NC(=O)C1C. The molecule has 5 heteroatoms. The van der Waals surface area contributed by atoms with E-state index in [0.29, 0.717) is 12.5 Å². The van der Waals surface area contributed by atoms with E-state index in [0.717, 1.165) is 19.3 Å². The molecule has 2 fully saturated rings. The van der Waals surface area contributed by atoms with Gasteiger partial charge in [0.1, 0.15) is 12.1 Å². The molecule has 1 N–H and O–H groups in total. The zero-order valence-electron chi connectivity index (χ0n) is 13.4. The van der Waals surface area contributed by atoms with Crippen molar-refractivity contribution >= 4 is 11.8 Å². The minimum atomic E-state index is -0.385. The molecule has 0 radical (unpaired) electrons. The maximum atomic E-state index is 12.9. The van der Waals surface area contributed by atoms with Crippen molar-refractivity contribution in [2.45, 2.75) is 70.5 Å². The molecular weight excluding hydrogens is 268 g/mol. The second kappa shape index (κ2) is 7.25. The van der Waals surface area contributed by atoms with Crippen LogP contribution >= 0.6 is 0 Å². The Morgan fingerprint density at radius 1 is 1.29 bits per heavy atom. The number of piperazine rings is 1. The number of nitrogens with one attached hydrogen (secondary N) is 1.